The lowest BCUT2D eigenvalue weighted by molar-refractivity contribution is 0.125. The highest BCUT2D eigenvalue weighted by Gasteiger charge is 2.35. The van der Waals surface area contributed by atoms with E-state index in [0.29, 0.717) is 48.4 Å². The zero-order valence-electron chi connectivity index (χ0n) is 18.1. The maximum absolute atomic E-state index is 12.2. The van der Waals surface area contributed by atoms with Crippen molar-refractivity contribution < 1.29 is 5.11 Å². The molecule has 5 rings (SSSR count). The first-order valence-electron chi connectivity index (χ1n) is 10.6. The average Bonchev–Trinajstić information content (AvgIpc) is 2.84. The van der Waals surface area contributed by atoms with Crippen molar-refractivity contribution in [1.82, 2.24) is 9.97 Å². The van der Waals surface area contributed by atoms with Crippen LogP contribution in [0.25, 0.3) is 22.0 Å². The Morgan fingerprint density at radius 3 is 2.21 bits per heavy atom. The van der Waals surface area contributed by atoms with Crippen molar-refractivity contribution in [3.63, 3.8) is 0 Å². The smallest absolute Gasteiger partial charge is 0.142 e. The molecule has 2 heterocycles. The number of aromatic nitrogens is 2. The molecule has 34 heavy (non-hydrogen) atoms. The van der Waals surface area contributed by atoms with Gasteiger partial charge in [0.2, 0.25) is 0 Å². The summed E-state index contributed by atoms with van der Waals surface area (Å²) in [4.78, 5) is 8.99. The number of pyridine rings is 2. The molecule has 0 aliphatic rings. The highest BCUT2D eigenvalue weighted by atomic mass is 35.5. The molecule has 0 fully saturated rings. The molecule has 168 valence electrons. The van der Waals surface area contributed by atoms with Crippen molar-refractivity contribution in [1.29, 1.82) is 0 Å². The third-order valence-electron chi connectivity index (χ3n) is 5.93. The van der Waals surface area contributed by atoms with E-state index in [1.807, 2.05) is 79.7 Å². The molecule has 1 N–H and O–H groups in total. The number of halogens is 3. The largest absolute Gasteiger partial charge is 0.376 e. The molecule has 0 amide bonds. The SMILES string of the molecule is Cc1ccc(C(O)(c2cccc(Cl)c2)c2ccc3nc(Cl)c(-c4ccccc4)c(Cl)c3c2)cn1. The fourth-order valence-corrected chi connectivity index (χ4v) is 5.05. The van der Waals surface area contributed by atoms with Crippen LogP contribution in [0.5, 0.6) is 0 Å². The van der Waals surface area contributed by atoms with Gasteiger partial charge < -0.3 is 5.11 Å². The summed E-state index contributed by atoms with van der Waals surface area (Å²) in [5, 5.41) is 14.2. The standard InChI is InChI=1S/C28H19Cl3N2O/c1-17-10-11-21(16-32-17)28(34,19-8-5-9-22(29)14-19)20-12-13-24-23(15-20)26(30)25(27(31)33-24)18-6-3-2-4-7-18/h2-16,34H,1H3. The van der Waals surface area contributed by atoms with E-state index in [-0.39, 0.29) is 0 Å². The fraction of sp³-hybridized carbons (Fsp3) is 0.0714. The Hall–Kier alpha value is -2.95. The van der Waals surface area contributed by atoms with Crippen molar-refractivity contribution in [3.05, 3.63) is 129 Å². The van der Waals surface area contributed by atoms with Crippen LogP contribution in [-0.4, -0.2) is 15.1 Å². The van der Waals surface area contributed by atoms with Gasteiger partial charge in [-0.25, -0.2) is 4.98 Å². The Morgan fingerprint density at radius 2 is 1.50 bits per heavy atom. The minimum atomic E-state index is -1.52. The number of benzene rings is 3. The van der Waals surface area contributed by atoms with Crippen LogP contribution in [0.1, 0.15) is 22.4 Å². The van der Waals surface area contributed by atoms with Gasteiger partial charge in [-0.15, -0.1) is 0 Å². The normalized spacial score (nSPS) is 13.1. The predicted octanol–water partition coefficient (Wildman–Crippen LogP) is 7.85. The number of nitrogens with zero attached hydrogens (tertiary/aromatic N) is 2. The Morgan fingerprint density at radius 1 is 0.765 bits per heavy atom. The lowest BCUT2D eigenvalue weighted by Crippen LogP contribution is -2.29. The van der Waals surface area contributed by atoms with Crippen LogP contribution in [0.15, 0.2) is 91.1 Å². The molecule has 0 bridgehead atoms. The molecule has 5 aromatic rings. The zero-order valence-corrected chi connectivity index (χ0v) is 20.4. The monoisotopic (exact) mass is 504 g/mol. The Kier molecular flexibility index (Phi) is 6.05. The molecule has 2 aromatic heterocycles. The molecule has 0 saturated carbocycles. The van der Waals surface area contributed by atoms with E-state index in [9.17, 15) is 5.11 Å². The first-order valence-corrected chi connectivity index (χ1v) is 11.8. The Labute approximate surface area is 212 Å². The molecule has 0 aliphatic carbocycles. The van der Waals surface area contributed by atoms with Gasteiger partial charge >= 0.3 is 0 Å². The van der Waals surface area contributed by atoms with E-state index < -0.39 is 5.60 Å². The lowest BCUT2D eigenvalue weighted by atomic mass is 9.80. The second kappa shape index (κ2) is 9.01. The average molecular weight is 506 g/mol. The summed E-state index contributed by atoms with van der Waals surface area (Å²) in [6.45, 7) is 1.90. The predicted molar refractivity (Wildman–Crippen MR) is 140 cm³/mol. The van der Waals surface area contributed by atoms with Gasteiger partial charge in [-0.1, -0.05) is 89.4 Å². The highest BCUT2D eigenvalue weighted by Crippen LogP contribution is 2.42. The lowest BCUT2D eigenvalue weighted by Gasteiger charge is -2.30. The van der Waals surface area contributed by atoms with Crippen LogP contribution in [0.2, 0.25) is 15.2 Å². The highest BCUT2D eigenvalue weighted by molar-refractivity contribution is 6.42. The van der Waals surface area contributed by atoms with Crippen LogP contribution < -0.4 is 0 Å². The van der Waals surface area contributed by atoms with Gasteiger partial charge in [-0.2, -0.15) is 0 Å². The van der Waals surface area contributed by atoms with Crippen LogP contribution in [0.3, 0.4) is 0 Å². The quantitative estimate of drug-likeness (QED) is 0.253. The van der Waals surface area contributed by atoms with Crippen molar-refractivity contribution in [3.8, 4) is 11.1 Å². The number of hydrogen-bond acceptors (Lipinski definition) is 3. The van der Waals surface area contributed by atoms with E-state index >= 15 is 0 Å². The topological polar surface area (TPSA) is 46.0 Å². The maximum Gasteiger partial charge on any atom is 0.142 e. The summed E-state index contributed by atoms with van der Waals surface area (Å²) in [6, 6.07) is 26.0. The van der Waals surface area contributed by atoms with Crippen LogP contribution in [0.4, 0.5) is 0 Å². The molecule has 0 aliphatic heterocycles. The van der Waals surface area contributed by atoms with Crippen molar-refractivity contribution >= 4 is 45.7 Å². The van der Waals surface area contributed by atoms with E-state index in [2.05, 4.69) is 9.97 Å². The minimum Gasteiger partial charge on any atom is -0.376 e. The Balaban J connectivity index is 1.78. The number of aliphatic hydroxyl groups is 1. The molecule has 1 unspecified atom stereocenters. The van der Waals surface area contributed by atoms with Crippen LogP contribution in [-0.2, 0) is 5.60 Å². The van der Waals surface area contributed by atoms with Crippen molar-refractivity contribution in [2.75, 3.05) is 0 Å². The zero-order chi connectivity index (χ0) is 23.9. The van der Waals surface area contributed by atoms with Crippen molar-refractivity contribution in [2.24, 2.45) is 0 Å². The third-order valence-corrected chi connectivity index (χ3v) is 6.83. The van der Waals surface area contributed by atoms with Gasteiger partial charge in [-0.3, -0.25) is 4.98 Å². The van der Waals surface area contributed by atoms with Gasteiger partial charge in [0.15, 0.2) is 0 Å². The van der Waals surface area contributed by atoms with Gasteiger partial charge in [0.25, 0.3) is 0 Å². The summed E-state index contributed by atoms with van der Waals surface area (Å²) in [6.07, 6.45) is 1.68. The molecule has 0 saturated heterocycles. The number of aryl methyl sites for hydroxylation is 1. The number of fused-ring (bicyclic) bond motifs is 1. The van der Waals surface area contributed by atoms with E-state index in [1.165, 1.54) is 0 Å². The molecule has 6 heteroatoms. The molecule has 1 atom stereocenters. The van der Waals surface area contributed by atoms with Gasteiger partial charge in [0.05, 0.1) is 10.5 Å². The van der Waals surface area contributed by atoms with Gasteiger partial charge in [-0.05, 0) is 53.9 Å². The summed E-state index contributed by atoms with van der Waals surface area (Å²) in [5.41, 5.74) is 3.32. The van der Waals surface area contributed by atoms with E-state index in [0.717, 1.165) is 11.3 Å². The van der Waals surface area contributed by atoms with Crippen molar-refractivity contribution in [2.45, 2.75) is 12.5 Å². The number of rotatable bonds is 4. The Bertz CT molecular complexity index is 1500. The minimum absolute atomic E-state index is 0.323. The molecular formula is C28H19Cl3N2O. The second-order valence-electron chi connectivity index (χ2n) is 8.10. The summed E-state index contributed by atoms with van der Waals surface area (Å²) >= 11 is 19.7. The number of hydrogen-bond donors (Lipinski definition) is 1. The molecule has 0 radical (unpaired) electrons. The molecule has 0 spiro atoms. The van der Waals surface area contributed by atoms with Crippen LogP contribution >= 0.6 is 34.8 Å². The van der Waals surface area contributed by atoms with E-state index in [4.69, 9.17) is 34.8 Å². The molecule has 3 nitrogen and oxygen atoms in total. The molecular weight excluding hydrogens is 487 g/mol. The summed E-state index contributed by atoms with van der Waals surface area (Å²) in [5.74, 6) is 0. The fourth-order valence-electron chi connectivity index (χ4n) is 4.17. The summed E-state index contributed by atoms with van der Waals surface area (Å²) < 4.78 is 0. The first kappa shape index (κ1) is 22.8. The molecule has 3 aromatic carbocycles. The van der Waals surface area contributed by atoms with Gasteiger partial charge in [0.1, 0.15) is 10.8 Å². The third kappa shape index (κ3) is 3.95. The van der Waals surface area contributed by atoms with Gasteiger partial charge in [0, 0.05) is 33.4 Å². The maximum atomic E-state index is 12.2. The van der Waals surface area contributed by atoms with E-state index in [1.54, 1.807) is 18.3 Å². The first-order chi connectivity index (χ1) is 16.4. The van der Waals surface area contributed by atoms with Crippen LogP contribution in [0, 0.1) is 6.92 Å². The summed E-state index contributed by atoms with van der Waals surface area (Å²) in [7, 11) is 0. The second-order valence-corrected chi connectivity index (χ2v) is 9.27.